The average molecular weight is 325 g/mol. The second-order valence-corrected chi connectivity index (χ2v) is 6.13. The van der Waals surface area contributed by atoms with E-state index in [1.54, 1.807) is 20.8 Å². The number of carboxylic acid groups (broad SMARTS) is 2. The third-order valence-electron chi connectivity index (χ3n) is 3.30. The van der Waals surface area contributed by atoms with Crippen LogP contribution in [-0.4, -0.2) is 39.9 Å². The SMILES string of the molecule is CC(C)(C)OC(=O)N1c2c(F)cccc2[C@H](C(=O)O)[C@H]1C(=O)O. The van der Waals surface area contributed by atoms with Crippen molar-refractivity contribution in [3.8, 4) is 0 Å². The van der Waals surface area contributed by atoms with Crippen LogP contribution in [0.1, 0.15) is 32.3 Å². The number of carboxylic acids is 2. The molecule has 1 aliphatic heterocycles. The Balaban J connectivity index is 2.61. The van der Waals surface area contributed by atoms with Gasteiger partial charge in [0.25, 0.3) is 0 Å². The van der Waals surface area contributed by atoms with Crippen molar-refractivity contribution in [2.75, 3.05) is 4.90 Å². The number of benzene rings is 1. The highest BCUT2D eigenvalue weighted by molar-refractivity contribution is 6.04. The molecule has 7 nitrogen and oxygen atoms in total. The van der Waals surface area contributed by atoms with E-state index in [0.717, 1.165) is 6.07 Å². The molecule has 0 aliphatic carbocycles. The van der Waals surface area contributed by atoms with E-state index in [1.165, 1.54) is 12.1 Å². The van der Waals surface area contributed by atoms with E-state index in [4.69, 9.17) is 4.74 Å². The van der Waals surface area contributed by atoms with Gasteiger partial charge in [-0.3, -0.25) is 9.69 Å². The van der Waals surface area contributed by atoms with Crippen LogP contribution in [0, 0.1) is 5.82 Å². The molecule has 0 aromatic heterocycles. The normalized spacial score (nSPS) is 20.1. The monoisotopic (exact) mass is 325 g/mol. The molecule has 8 heteroatoms. The maximum atomic E-state index is 14.2. The Hall–Kier alpha value is -2.64. The topological polar surface area (TPSA) is 104 Å². The zero-order chi connectivity index (χ0) is 17.5. The third-order valence-corrected chi connectivity index (χ3v) is 3.30. The number of nitrogens with zero attached hydrogens (tertiary/aromatic N) is 1. The summed E-state index contributed by atoms with van der Waals surface area (Å²) in [7, 11) is 0. The highest BCUT2D eigenvalue weighted by atomic mass is 19.1. The molecule has 0 bridgehead atoms. The molecule has 0 fully saturated rings. The minimum absolute atomic E-state index is 0.0734. The summed E-state index contributed by atoms with van der Waals surface area (Å²) in [6.07, 6.45) is -1.11. The number of ether oxygens (including phenoxy) is 1. The van der Waals surface area contributed by atoms with Crippen LogP contribution in [0.3, 0.4) is 0 Å². The lowest BCUT2D eigenvalue weighted by Crippen LogP contribution is -2.48. The van der Waals surface area contributed by atoms with Gasteiger partial charge in [-0.05, 0) is 32.4 Å². The van der Waals surface area contributed by atoms with Crippen LogP contribution in [0.4, 0.5) is 14.9 Å². The molecule has 2 atom stereocenters. The van der Waals surface area contributed by atoms with Crippen molar-refractivity contribution >= 4 is 23.7 Å². The van der Waals surface area contributed by atoms with Gasteiger partial charge in [0.15, 0.2) is 6.04 Å². The number of para-hydroxylation sites is 1. The summed E-state index contributed by atoms with van der Waals surface area (Å²) in [5.41, 5.74) is -1.40. The van der Waals surface area contributed by atoms with E-state index in [0.29, 0.717) is 4.90 Å². The molecule has 0 saturated heterocycles. The predicted octanol–water partition coefficient (Wildman–Crippen LogP) is 2.20. The Labute approximate surface area is 131 Å². The van der Waals surface area contributed by atoms with Crippen LogP contribution >= 0.6 is 0 Å². The molecule has 0 unspecified atom stereocenters. The highest BCUT2D eigenvalue weighted by Crippen LogP contribution is 2.43. The van der Waals surface area contributed by atoms with Crippen molar-refractivity contribution in [3.63, 3.8) is 0 Å². The molecule has 1 aromatic carbocycles. The average Bonchev–Trinajstić information content (AvgIpc) is 2.73. The third kappa shape index (κ3) is 2.96. The number of anilines is 1. The number of halogens is 1. The minimum Gasteiger partial charge on any atom is -0.481 e. The van der Waals surface area contributed by atoms with E-state index >= 15 is 0 Å². The summed E-state index contributed by atoms with van der Waals surface area (Å²) in [6, 6.07) is 1.80. The number of carbonyl (C=O) groups is 3. The largest absolute Gasteiger partial charge is 0.481 e. The lowest BCUT2D eigenvalue weighted by atomic mass is 9.95. The van der Waals surface area contributed by atoms with Crippen molar-refractivity contribution in [2.45, 2.75) is 38.3 Å². The first-order valence-corrected chi connectivity index (χ1v) is 6.81. The van der Waals surface area contributed by atoms with Crippen LogP contribution in [-0.2, 0) is 14.3 Å². The van der Waals surface area contributed by atoms with Gasteiger partial charge in [0.1, 0.15) is 17.3 Å². The molecule has 1 heterocycles. The maximum absolute atomic E-state index is 14.2. The molecular formula is C15H16FNO6. The Bertz CT molecular complexity index is 681. The van der Waals surface area contributed by atoms with Gasteiger partial charge in [0.05, 0.1) is 5.69 Å². The zero-order valence-corrected chi connectivity index (χ0v) is 12.7. The molecule has 1 amide bonds. The molecule has 2 N–H and O–H groups in total. The Morgan fingerprint density at radius 2 is 1.78 bits per heavy atom. The van der Waals surface area contributed by atoms with Gasteiger partial charge in [0, 0.05) is 0 Å². The summed E-state index contributed by atoms with van der Waals surface area (Å²) in [6.45, 7) is 4.69. The van der Waals surface area contributed by atoms with Crippen molar-refractivity contribution in [3.05, 3.63) is 29.6 Å². The smallest absolute Gasteiger partial charge is 0.415 e. The highest BCUT2D eigenvalue weighted by Gasteiger charge is 2.52. The summed E-state index contributed by atoms with van der Waals surface area (Å²) in [4.78, 5) is 35.9. The van der Waals surface area contributed by atoms with Crippen molar-refractivity contribution in [2.24, 2.45) is 0 Å². The summed E-state index contributed by atoms with van der Waals surface area (Å²) in [5.74, 6) is -5.48. The first-order chi connectivity index (χ1) is 10.5. The van der Waals surface area contributed by atoms with Crippen molar-refractivity contribution < 1.29 is 33.7 Å². The van der Waals surface area contributed by atoms with Gasteiger partial charge in [0.2, 0.25) is 0 Å². The molecular weight excluding hydrogens is 309 g/mol. The number of hydrogen-bond donors (Lipinski definition) is 2. The molecule has 0 saturated carbocycles. The molecule has 1 aromatic rings. The van der Waals surface area contributed by atoms with E-state index in [9.17, 15) is 29.0 Å². The summed E-state index contributed by atoms with van der Waals surface area (Å²) < 4.78 is 19.3. The molecule has 124 valence electrons. The zero-order valence-electron chi connectivity index (χ0n) is 12.7. The fourth-order valence-electron chi connectivity index (χ4n) is 2.53. The van der Waals surface area contributed by atoms with Gasteiger partial charge in [-0.25, -0.2) is 14.0 Å². The van der Waals surface area contributed by atoms with Gasteiger partial charge >= 0.3 is 18.0 Å². The van der Waals surface area contributed by atoms with Crippen LogP contribution in [0.2, 0.25) is 0 Å². The Morgan fingerprint density at radius 1 is 1.17 bits per heavy atom. The number of fused-ring (bicyclic) bond motifs is 1. The standard InChI is InChI=1S/C15H16FNO6/c1-15(2,3)23-14(22)17-10-7(5-4-6-8(10)16)9(12(18)19)11(17)13(20)21/h4-6,9,11H,1-3H3,(H,18,19)(H,20,21)/t9-,11-/m0/s1. The van der Waals surface area contributed by atoms with E-state index < -0.39 is 41.4 Å². The maximum Gasteiger partial charge on any atom is 0.415 e. The molecule has 1 aliphatic rings. The second kappa shape index (κ2) is 5.53. The lowest BCUT2D eigenvalue weighted by Gasteiger charge is -2.28. The van der Waals surface area contributed by atoms with Gasteiger partial charge in [-0.15, -0.1) is 0 Å². The van der Waals surface area contributed by atoms with Crippen LogP contribution in [0.15, 0.2) is 18.2 Å². The summed E-state index contributed by atoms with van der Waals surface area (Å²) in [5, 5.41) is 18.7. The predicted molar refractivity (Wildman–Crippen MR) is 76.9 cm³/mol. The van der Waals surface area contributed by atoms with Crippen molar-refractivity contribution in [1.29, 1.82) is 0 Å². The summed E-state index contributed by atoms with van der Waals surface area (Å²) >= 11 is 0. The number of rotatable bonds is 2. The lowest BCUT2D eigenvalue weighted by molar-refractivity contribution is -0.146. The van der Waals surface area contributed by atoms with E-state index in [1.807, 2.05) is 0 Å². The number of carbonyl (C=O) groups excluding carboxylic acids is 1. The second-order valence-electron chi connectivity index (χ2n) is 6.13. The Kier molecular flexibility index (Phi) is 4.02. The van der Waals surface area contributed by atoms with Gasteiger partial charge in [-0.2, -0.15) is 0 Å². The van der Waals surface area contributed by atoms with Crippen molar-refractivity contribution in [1.82, 2.24) is 0 Å². The molecule has 0 spiro atoms. The van der Waals surface area contributed by atoms with Crippen LogP contribution in [0.5, 0.6) is 0 Å². The van der Waals surface area contributed by atoms with Crippen LogP contribution < -0.4 is 4.90 Å². The molecule has 2 rings (SSSR count). The van der Waals surface area contributed by atoms with Crippen LogP contribution in [0.25, 0.3) is 0 Å². The minimum atomic E-state index is -1.78. The number of aliphatic carboxylic acids is 2. The van der Waals surface area contributed by atoms with Gasteiger partial charge < -0.3 is 14.9 Å². The Morgan fingerprint density at radius 3 is 2.26 bits per heavy atom. The quantitative estimate of drug-likeness (QED) is 0.864. The first-order valence-electron chi connectivity index (χ1n) is 6.81. The van der Waals surface area contributed by atoms with Gasteiger partial charge in [-0.1, -0.05) is 12.1 Å². The number of hydrogen-bond acceptors (Lipinski definition) is 4. The first kappa shape index (κ1) is 16.7. The number of amides is 1. The molecule has 0 radical (unpaired) electrons. The van der Waals surface area contributed by atoms with E-state index in [-0.39, 0.29) is 11.3 Å². The molecule has 23 heavy (non-hydrogen) atoms. The van der Waals surface area contributed by atoms with E-state index in [2.05, 4.69) is 0 Å². The fourth-order valence-corrected chi connectivity index (χ4v) is 2.53. The fraction of sp³-hybridized carbons (Fsp3) is 0.400.